The quantitative estimate of drug-likeness (QED) is 0.812. The lowest BCUT2D eigenvalue weighted by Crippen LogP contribution is -2.25. The molecule has 3 rings (SSSR count). The Kier molecular flexibility index (Phi) is 6.63. The van der Waals surface area contributed by atoms with Crippen molar-refractivity contribution in [1.82, 2.24) is 15.5 Å². The Bertz CT molecular complexity index is 698. The van der Waals surface area contributed by atoms with Gasteiger partial charge in [-0.1, -0.05) is 23.7 Å². The number of fused-ring (bicyclic) bond motifs is 1. The molecule has 0 unspecified atom stereocenters. The van der Waals surface area contributed by atoms with Crippen LogP contribution in [0.25, 0.3) is 0 Å². The van der Waals surface area contributed by atoms with Crippen LogP contribution in [-0.4, -0.2) is 16.7 Å². The molecule has 1 heterocycles. The van der Waals surface area contributed by atoms with Crippen molar-refractivity contribution in [1.29, 1.82) is 0 Å². The molecule has 6 heteroatoms. The SMILES string of the molecule is Cl.O=c1[nH]nc(CCNCc2ccc(Cl)cc2)c2c1CCCC2. The lowest BCUT2D eigenvalue weighted by atomic mass is 9.91. The Labute approximate surface area is 147 Å². The maximum Gasteiger partial charge on any atom is 0.267 e. The van der Waals surface area contributed by atoms with Gasteiger partial charge in [0, 0.05) is 30.1 Å². The summed E-state index contributed by atoms with van der Waals surface area (Å²) >= 11 is 5.88. The van der Waals surface area contributed by atoms with Crippen LogP contribution >= 0.6 is 24.0 Å². The second kappa shape index (κ2) is 8.48. The van der Waals surface area contributed by atoms with E-state index in [1.54, 1.807) is 0 Å². The molecular formula is C17H21Cl2N3O. The van der Waals surface area contributed by atoms with Crippen molar-refractivity contribution < 1.29 is 0 Å². The summed E-state index contributed by atoms with van der Waals surface area (Å²) in [5.74, 6) is 0. The smallest absolute Gasteiger partial charge is 0.267 e. The number of aromatic nitrogens is 2. The summed E-state index contributed by atoms with van der Waals surface area (Å²) in [6, 6.07) is 7.85. The van der Waals surface area contributed by atoms with E-state index in [2.05, 4.69) is 15.5 Å². The van der Waals surface area contributed by atoms with Gasteiger partial charge in [0.05, 0.1) is 5.69 Å². The Morgan fingerprint density at radius 3 is 2.57 bits per heavy atom. The highest BCUT2D eigenvalue weighted by Crippen LogP contribution is 2.20. The van der Waals surface area contributed by atoms with Crippen LogP contribution in [0.1, 0.15) is 35.2 Å². The number of nitrogens with one attached hydrogen (secondary N) is 2. The number of rotatable bonds is 5. The minimum Gasteiger partial charge on any atom is -0.312 e. The maximum atomic E-state index is 11.8. The van der Waals surface area contributed by atoms with Crippen LogP contribution in [0.5, 0.6) is 0 Å². The lowest BCUT2D eigenvalue weighted by molar-refractivity contribution is 0.630. The van der Waals surface area contributed by atoms with Crippen molar-refractivity contribution in [3.8, 4) is 0 Å². The summed E-state index contributed by atoms with van der Waals surface area (Å²) < 4.78 is 0. The summed E-state index contributed by atoms with van der Waals surface area (Å²) in [6.45, 7) is 1.65. The van der Waals surface area contributed by atoms with Crippen LogP contribution in [0, 0.1) is 0 Å². The summed E-state index contributed by atoms with van der Waals surface area (Å²) in [5.41, 5.74) is 4.38. The van der Waals surface area contributed by atoms with Gasteiger partial charge in [-0.2, -0.15) is 5.10 Å². The van der Waals surface area contributed by atoms with Gasteiger partial charge in [0.1, 0.15) is 0 Å². The van der Waals surface area contributed by atoms with E-state index >= 15 is 0 Å². The van der Waals surface area contributed by atoms with E-state index in [1.165, 1.54) is 11.1 Å². The first-order valence-corrected chi connectivity index (χ1v) is 8.16. The van der Waals surface area contributed by atoms with E-state index in [-0.39, 0.29) is 18.0 Å². The second-order valence-electron chi connectivity index (χ2n) is 5.72. The average Bonchev–Trinajstić information content (AvgIpc) is 2.55. The molecule has 23 heavy (non-hydrogen) atoms. The van der Waals surface area contributed by atoms with Gasteiger partial charge in [0.25, 0.3) is 5.56 Å². The summed E-state index contributed by atoms with van der Waals surface area (Å²) in [7, 11) is 0. The van der Waals surface area contributed by atoms with E-state index in [0.29, 0.717) is 0 Å². The lowest BCUT2D eigenvalue weighted by Gasteiger charge is -2.17. The van der Waals surface area contributed by atoms with Crippen molar-refractivity contribution in [2.75, 3.05) is 6.54 Å². The zero-order chi connectivity index (χ0) is 15.4. The predicted molar refractivity (Wildman–Crippen MR) is 95.6 cm³/mol. The van der Waals surface area contributed by atoms with Crippen molar-refractivity contribution in [2.24, 2.45) is 0 Å². The molecule has 2 N–H and O–H groups in total. The van der Waals surface area contributed by atoms with Crippen LogP contribution in [0.4, 0.5) is 0 Å². The van der Waals surface area contributed by atoms with Crippen LogP contribution in [0.3, 0.4) is 0 Å². The van der Waals surface area contributed by atoms with Crippen molar-refractivity contribution >= 4 is 24.0 Å². The van der Waals surface area contributed by atoms with Crippen molar-refractivity contribution in [3.05, 3.63) is 62.0 Å². The third-order valence-electron chi connectivity index (χ3n) is 4.16. The molecule has 0 saturated heterocycles. The first-order valence-electron chi connectivity index (χ1n) is 7.78. The fraction of sp³-hybridized carbons (Fsp3) is 0.412. The standard InChI is InChI=1S/C17H20ClN3O.ClH/c18-13-7-5-12(6-8-13)11-19-10-9-16-14-3-1-2-4-15(14)17(22)21-20-16;/h5-8,19H,1-4,9-11H2,(H,21,22);1H. The third-order valence-corrected chi connectivity index (χ3v) is 4.42. The number of hydrogen-bond donors (Lipinski definition) is 2. The van der Waals surface area contributed by atoms with Gasteiger partial charge in [0.15, 0.2) is 0 Å². The van der Waals surface area contributed by atoms with E-state index < -0.39 is 0 Å². The molecule has 0 spiro atoms. The van der Waals surface area contributed by atoms with Crippen LogP contribution in [0.15, 0.2) is 29.1 Å². The van der Waals surface area contributed by atoms with Crippen LogP contribution in [-0.2, 0) is 25.8 Å². The topological polar surface area (TPSA) is 57.8 Å². The highest BCUT2D eigenvalue weighted by Gasteiger charge is 2.17. The average molecular weight is 354 g/mol. The summed E-state index contributed by atoms with van der Waals surface area (Å²) in [5, 5.41) is 11.1. The fourth-order valence-electron chi connectivity index (χ4n) is 2.98. The largest absolute Gasteiger partial charge is 0.312 e. The number of halogens is 2. The Morgan fingerprint density at radius 2 is 1.83 bits per heavy atom. The normalized spacial score (nSPS) is 13.3. The van der Waals surface area contributed by atoms with Gasteiger partial charge in [-0.25, -0.2) is 5.10 Å². The van der Waals surface area contributed by atoms with Gasteiger partial charge in [0.2, 0.25) is 0 Å². The highest BCUT2D eigenvalue weighted by atomic mass is 35.5. The molecule has 1 aliphatic rings. The van der Waals surface area contributed by atoms with Gasteiger partial charge in [-0.15, -0.1) is 12.4 Å². The molecule has 1 aromatic carbocycles. The number of hydrogen-bond acceptors (Lipinski definition) is 3. The Hall–Kier alpha value is -1.36. The molecule has 4 nitrogen and oxygen atoms in total. The molecular weight excluding hydrogens is 333 g/mol. The molecule has 0 amide bonds. The van der Waals surface area contributed by atoms with Crippen LogP contribution in [0.2, 0.25) is 5.02 Å². The highest BCUT2D eigenvalue weighted by molar-refractivity contribution is 6.30. The van der Waals surface area contributed by atoms with Crippen molar-refractivity contribution in [2.45, 2.75) is 38.6 Å². The first-order chi connectivity index (χ1) is 10.7. The zero-order valence-electron chi connectivity index (χ0n) is 12.9. The molecule has 0 atom stereocenters. The maximum absolute atomic E-state index is 11.8. The molecule has 0 radical (unpaired) electrons. The first kappa shape index (κ1) is 18.0. The number of benzene rings is 1. The molecule has 1 aromatic heterocycles. The third kappa shape index (κ3) is 4.56. The Morgan fingerprint density at radius 1 is 1.13 bits per heavy atom. The molecule has 0 bridgehead atoms. The molecule has 0 aliphatic heterocycles. The summed E-state index contributed by atoms with van der Waals surface area (Å²) in [6.07, 6.45) is 4.97. The van der Waals surface area contributed by atoms with E-state index in [4.69, 9.17) is 11.6 Å². The number of H-pyrrole nitrogens is 1. The predicted octanol–water partition coefficient (Wildman–Crippen LogP) is 3.06. The van der Waals surface area contributed by atoms with Gasteiger partial charge in [-0.3, -0.25) is 4.79 Å². The molecule has 1 aliphatic carbocycles. The molecule has 0 fully saturated rings. The minimum atomic E-state index is -0.00688. The zero-order valence-corrected chi connectivity index (χ0v) is 14.5. The molecule has 124 valence electrons. The van der Waals surface area contributed by atoms with Crippen LogP contribution < -0.4 is 10.9 Å². The van der Waals surface area contributed by atoms with Gasteiger partial charge >= 0.3 is 0 Å². The van der Waals surface area contributed by atoms with Gasteiger partial charge in [-0.05, 0) is 48.9 Å². The number of nitrogens with zero attached hydrogens (tertiary/aromatic N) is 1. The van der Waals surface area contributed by atoms with E-state index in [0.717, 1.165) is 61.5 Å². The van der Waals surface area contributed by atoms with E-state index in [9.17, 15) is 4.79 Å². The Balaban J connectivity index is 0.00000192. The minimum absolute atomic E-state index is 0. The van der Waals surface area contributed by atoms with E-state index in [1.807, 2.05) is 24.3 Å². The van der Waals surface area contributed by atoms with Crippen molar-refractivity contribution in [3.63, 3.8) is 0 Å². The molecule has 0 saturated carbocycles. The molecule has 2 aromatic rings. The van der Waals surface area contributed by atoms with Gasteiger partial charge < -0.3 is 5.32 Å². The summed E-state index contributed by atoms with van der Waals surface area (Å²) in [4.78, 5) is 11.8. The monoisotopic (exact) mass is 353 g/mol. The fourth-order valence-corrected chi connectivity index (χ4v) is 3.10. The number of aromatic amines is 1. The second-order valence-corrected chi connectivity index (χ2v) is 6.15.